The zero-order valence-electron chi connectivity index (χ0n) is 11.4. The molecule has 1 unspecified atom stereocenters. The number of aliphatic hydroxyl groups is 1. The van der Waals surface area contributed by atoms with Crippen LogP contribution in [0, 0.1) is 0 Å². The van der Waals surface area contributed by atoms with Gasteiger partial charge in [0.2, 0.25) is 0 Å². The van der Waals surface area contributed by atoms with E-state index in [1.54, 1.807) is 19.1 Å². The molecular weight excluding hydrogens is 280 g/mol. The molecule has 1 fully saturated rings. The van der Waals surface area contributed by atoms with Gasteiger partial charge in [0.25, 0.3) is 10.0 Å². The summed E-state index contributed by atoms with van der Waals surface area (Å²) in [5.41, 5.74) is 1.81. The van der Waals surface area contributed by atoms with E-state index >= 15 is 0 Å². The first-order valence-corrected chi connectivity index (χ1v) is 7.95. The lowest BCUT2D eigenvalue weighted by molar-refractivity contribution is 0.0465. The average molecular weight is 300 g/mol. The second-order valence-electron chi connectivity index (χ2n) is 5.26. The van der Waals surface area contributed by atoms with E-state index in [2.05, 4.69) is 10.4 Å². The van der Waals surface area contributed by atoms with Crippen LogP contribution in [0.2, 0.25) is 0 Å². The minimum absolute atomic E-state index is 0.0796. The number of hydrazine groups is 1. The first-order valence-electron chi connectivity index (χ1n) is 6.51. The van der Waals surface area contributed by atoms with Crippen LogP contribution in [-0.2, 0) is 10.0 Å². The van der Waals surface area contributed by atoms with Crippen molar-refractivity contribution in [2.75, 3.05) is 18.5 Å². The summed E-state index contributed by atoms with van der Waals surface area (Å²) in [4.78, 5) is 3.93. The Labute approximate surface area is 118 Å². The molecule has 112 valence electrons. The Kier molecular flexibility index (Phi) is 4.28. The maximum atomic E-state index is 12.6. The van der Waals surface area contributed by atoms with Crippen LogP contribution < -0.4 is 11.3 Å². The van der Waals surface area contributed by atoms with Crippen LogP contribution in [0.15, 0.2) is 23.4 Å². The first kappa shape index (κ1) is 15.2. The molecule has 2 heterocycles. The number of sulfonamides is 1. The van der Waals surface area contributed by atoms with Gasteiger partial charge < -0.3 is 10.5 Å². The Morgan fingerprint density at radius 2 is 2.20 bits per heavy atom. The first-order chi connectivity index (χ1) is 9.37. The molecule has 20 heavy (non-hydrogen) atoms. The van der Waals surface area contributed by atoms with Crippen molar-refractivity contribution < 1.29 is 13.5 Å². The quantitative estimate of drug-likeness (QED) is 0.547. The van der Waals surface area contributed by atoms with Crippen molar-refractivity contribution in [1.29, 1.82) is 0 Å². The van der Waals surface area contributed by atoms with Gasteiger partial charge in [0, 0.05) is 19.3 Å². The van der Waals surface area contributed by atoms with Crippen molar-refractivity contribution in [1.82, 2.24) is 9.29 Å². The molecule has 0 aromatic carbocycles. The molecule has 1 aromatic rings. The molecule has 1 aliphatic heterocycles. The van der Waals surface area contributed by atoms with E-state index in [0.29, 0.717) is 25.8 Å². The molecule has 4 N–H and O–H groups in total. The van der Waals surface area contributed by atoms with E-state index in [4.69, 9.17) is 5.84 Å². The van der Waals surface area contributed by atoms with Gasteiger partial charge in [0.05, 0.1) is 11.3 Å². The maximum Gasteiger partial charge on any atom is 0.262 e. The smallest absolute Gasteiger partial charge is 0.262 e. The predicted molar refractivity (Wildman–Crippen MR) is 75.3 cm³/mol. The molecule has 1 aromatic heterocycles. The van der Waals surface area contributed by atoms with Crippen LogP contribution in [0.4, 0.5) is 5.69 Å². The zero-order valence-corrected chi connectivity index (χ0v) is 12.2. The topological polar surface area (TPSA) is 109 Å². The van der Waals surface area contributed by atoms with Crippen molar-refractivity contribution in [3.05, 3.63) is 18.3 Å². The van der Waals surface area contributed by atoms with Gasteiger partial charge in [0.1, 0.15) is 0 Å². The number of anilines is 1. The van der Waals surface area contributed by atoms with E-state index in [1.807, 2.05) is 0 Å². The van der Waals surface area contributed by atoms with Gasteiger partial charge in [-0.25, -0.2) is 13.4 Å². The molecule has 0 spiro atoms. The molecule has 7 nitrogen and oxygen atoms in total. The van der Waals surface area contributed by atoms with Gasteiger partial charge in [-0.3, -0.25) is 5.84 Å². The Morgan fingerprint density at radius 3 is 2.90 bits per heavy atom. The fourth-order valence-electron chi connectivity index (χ4n) is 2.31. The van der Waals surface area contributed by atoms with Crippen molar-refractivity contribution in [2.45, 2.75) is 36.8 Å². The third kappa shape index (κ3) is 3.09. The number of hydrogen-bond acceptors (Lipinski definition) is 6. The van der Waals surface area contributed by atoms with Crippen LogP contribution in [0.3, 0.4) is 0 Å². The van der Waals surface area contributed by atoms with E-state index in [-0.39, 0.29) is 17.3 Å². The van der Waals surface area contributed by atoms with E-state index in [1.165, 1.54) is 10.5 Å². The SMILES string of the molecule is CC1(O)CCCN(S(=O)(=O)c2ncccc2NN)CC1. The zero-order chi connectivity index (χ0) is 14.8. The Hall–Kier alpha value is -1.22. The van der Waals surface area contributed by atoms with Gasteiger partial charge in [-0.15, -0.1) is 0 Å². The van der Waals surface area contributed by atoms with Crippen LogP contribution in [-0.4, -0.2) is 41.5 Å². The second kappa shape index (κ2) is 5.65. The predicted octanol–water partition coefficient (Wildman–Crippen LogP) is 0.293. The summed E-state index contributed by atoms with van der Waals surface area (Å²) in [7, 11) is -3.71. The second-order valence-corrected chi connectivity index (χ2v) is 7.11. The summed E-state index contributed by atoms with van der Waals surface area (Å²) in [6.45, 7) is 2.38. The minimum Gasteiger partial charge on any atom is -0.390 e. The lowest BCUT2D eigenvalue weighted by Crippen LogP contribution is -2.34. The summed E-state index contributed by atoms with van der Waals surface area (Å²) in [6, 6.07) is 3.18. The third-order valence-electron chi connectivity index (χ3n) is 3.53. The van der Waals surface area contributed by atoms with E-state index in [0.717, 1.165) is 0 Å². The van der Waals surface area contributed by atoms with Gasteiger partial charge in [-0.2, -0.15) is 4.31 Å². The van der Waals surface area contributed by atoms with E-state index in [9.17, 15) is 13.5 Å². The molecule has 1 saturated heterocycles. The largest absolute Gasteiger partial charge is 0.390 e. The van der Waals surface area contributed by atoms with Gasteiger partial charge in [-0.05, 0) is 38.3 Å². The van der Waals surface area contributed by atoms with Crippen LogP contribution in [0.5, 0.6) is 0 Å². The highest BCUT2D eigenvalue weighted by atomic mass is 32.2. The Morgan fingerprint density at radius 1 is 1.45 bits per heavy atom. The number of aromatic nitrogens is 1. The number of nitrogens with zero attached hydrogens (tertiary/aromatic N) is 2. The van der Waals surface area contributed by atoms with Crippen molar-refractivity contribution in [3.63, 3.8) is 0 Å². The molecule has 0 aliphatic carbocycles. The normalized spacial score (nSPS) is 25.1. The Balaban J connectivity index is 2.30. The molecule has 1 aliphatic rings. The lowest BCUT2D eigenvalue weighted by Gasteiger charge is -2.22. The summed E-state index contributed by atoms with van der Waals surface area (Å²) in [5.74, 6) is 5.34. The summed E-state index contributed by atoms with van der Waals surface area (Å²) >= 11 is 0. The number of hydrogen-bond donors (Lipinski definition) is 3. The van der Waals surface area contributed by atoms with E-state index < -0.39 is 15.6 Å². The maximum absolute atomic E-state index is 12.6. The third-order valence-corrected chi connectivity index (χ3v) is 5.39. The molecule has 2 rings (SSSR count). The fraction of sp³-hybridized carbons (Fsp3) is 0.583. The Bertz CT molecular complexity index is 574. The molecule has 8 heteroatoms. The summed E-state index contributed by atoms with van der Waals surface area (Å²) in [5, 5.41) is 9.96. The fourth-order valence-corrected chi connectivity index (χ4v) is 3.85. The lowest BCUT2D eigenvalue weighted by atomic mass is 9.98. The highest BCUT2D eigenvalue weighted by Crippen LogP contribution is 2.27. The van der Waals surface area contributed by atoms with Gasteiger partial charge in [-0.1, -0.05) is 0 Å². The highest BCUT2D eigenvalue weighted by molar-refractivity contribution is 7.89. The number of nitrogen functional groups attached to an aromatic ring is 1. The average Bonchev–Trinajstić information content (AvgIpc) is 2.60. The number of pyridine rings is 1. The molecular formula is C12H20N4O3S. The minimum atomic E-state index is -3.71. The highest BCUT2D eigenvalue weighted by Gasteiger charge is 2.33. The van der Waals surface area contributed by atoms with Crippen molar-refractivity contribution >= 4 is 15.7 Å². The van der Waals surface area contributed by atoms with Crippen LogP contribution in [0.25, 0.3) is 0 Å². The number of nitrogens with one attached hydrogen (secondary N) is 1. The van der Waals surface area contributed by atoms with Gasteiger partial charge in [0.15, 0.2) is 5.03 Å². The number of nitrogens with two attached hydrogens (primary N) is 1. The monoisotopic (exact) mass is 300 g/mol. The molecule has 1 atom stereocenters. The number of rotatable bonds is 3. The van der Waals surface area contributed by atoms with Crippen molar-refractivity contribution in [2.24, 2.45) is 5.84 Å². The molecule has 0 amide bonds. The van der Waals surface area contributed by atoms with Crippen LogP contribution in [0.1, 0.15) is 26.2 Å². The van der Waals surface area contributed by atoms with Crippen molar-refractivity contribution in [3.8, 4) is 0 Å². The standard InChI is InChI=1S/C12H20N4O3S/c1-12(17)5-3-8-16(9-6-12)20(18,19)11-10(15-13)4-2-7-14-11/h2,4,7,15,17H,3,5-6,8-9,13H2,1H3. The van der Waals surface area contributed by atoms with Crippen LogP contribution >= 0.6 is 0 Å². The molecule has 0 bridgehead atoms. The molecule has 0 saturated carbocycles. The summed E-state index contributed by atoms with van der Waals surface area (Å²) in [6.07, 6.45) is 3.03. The molecule has 0 radical (unpaired) electrons. The summed E-state index contributed by atoms with van der Waals surface area (Å²) < 4.78 is 26.6. The van der Waals surface area contributed by atoms with Gasteiger partial charge >= 0.3 is 0 Å².